The molecule has 0 aliphatic heterocycles. The number of rotatable bonds is 2. The third-order valence-electron chi connectivity index (χ3n) is 1.68. The lowest BCUT2D eigenvalue weighted by Gasteiger charge is -2.00. The first-order chi connectivity index (χ1) is 6.61. The highest BCUT2D eigenvalue weighted by Gasteiger charge is 2.18. The molecule has 0 aliphatic rings. The molecule has 0 unspecified atom stereocenters. The second-order valence-corrected chi connectivity index (χ2v) is 2.45. The average molecular weight is 191 g/mol. The monoisotopic (exact) mass is 191 g/mol. The minimum atomic E-state index is -0.732. The Morgan fingerprint density at radius 1 is 1.57 bits per heavy atom. The number of carbonyl (C=O) groups excluding carboxylic acids is 1. The van der Waals surface area contributed by atoms with Crippen molar-refractivity contribution < 1.29 is 9.72 Å². The van der Waals surface area contributed by atoms with Crippen LogP contribution in [0, 0.1) is 21.4 Å². The fourth-order valence-electron chi connectivity index (χ4n) is 1.03. The third-order valence-corrected chi connectivity index (χ3v) is 1.68. The molecule has 0 atom stereocenters. The number of nitriles is 1. The van der Waals surface area contributed by atoms with Gasteiger partial charge in [0.05, 0.1) is 16.2 Å². The molecule has 0 amide bonds. The molecule has 2 N–H and O–H groups in total. The number of nitrogens with zero attached hydrogens (tertiary/aromatic N) is 2. The lowest BCUT2D eigenvalue weighted by Crippen LogP contribution is -2.01. The summed E-state index contributed by atoms with van der Waals surface area (Å²) in [5.74, 6) is 0. The largest absolute Gasteiger partial charge is 0.398 e. The highest BCUT2D eigenvalue weighted by atomic mass is 16.6. The second kappa shape index (κ2) is 3.53. The van der Waals surface area contributed by atoms with E-state index in [-0.39, 0.29) is 23.1 Å². The van der Waals surface area contributed by atoms with Crippen molar-refractivity contribution in [3.05, 3.63) is 33.4 Å². The highest BCUT2D eigenvalue weighted by Crippen LogP contribution is 2.24. The number of aldehydes is 1. The molecule has 0 fully saturated rings. The molecule has 0 heterocycles. The Hall–Kier alpha value is -2.42. The molecule has 1 rings (SSSR count). The lowest BCUT2D eigenvalue weighted by atomic mass is 10.1. The van der Waals surface area contributed by atoms with E-state index in [2.05, 4.69) is 0 Å². The number of nitrogen functional groups attached to an aromatic ring is 1. The van der Waals surface area contributed by atoms with Gasteiger partial charge in [0.25, 0.3) is 5.69 Å². The van der Waals surface area contributed by atoms with E-state index >= 15 is 0 Å². The zero-order valence-electron chi connectivity index (χ0n) is 6.93. The van der Waals surface area contributed by atoms with Crippen LogP contribution in [0.5, 0.6) is 0 Å². The zero-order chi connectivity index (χ0) is 10.7. The van der Waals surface area contributed by atoms with Crippen molar-refractivity contribution in [2.24, 2.45) is 0 Å². The first kappa shape index (κ1) is 9.67. The predicted octanol–water partition coefficient (Wildman–Crippen LogP) is 0.861. The van der Waals surface area contributed by atoms with Gasteiger partial charge in [0, 0.05) is 6.07 Å². The Balaban J connectivity index is 3.58. The van der Waals surface area contributed by atoms with Crippen LogP contribution in [0.25, 0.3) is 0 Å². The summed E-state index contributed by atoms with van der Waals surface area (Å²) in [4.78, 5) is 20.3. The fourth-order valence-corrected chi connectivity index (χ4v) is 1.03. The van der Waals surface area contributed by atoms with Gasteiger partial charge in [-0.15, -0.1) is 0 Å². The van der Waals surface area contributed by atoms with Crippen molar-refractivity contribution in [2.45, 2.75) is 0 Å². The van der Waals surface area contributed by atoms with Crippen LogP contribution >= 0.6 is 0 Å². The van der Waals surface area contributed by atoms with Crippen molar-refractivity contribution in [2.75, 3.05) is 5.73 Å². The van der Waals surface area contributed by atoms with Crippen molar-refractivity contribution in [3.63, 3.8) is 0 Å². The van der Waals surface area contributed by atoms with Crippen LogP contribution in [0.2, 0.25) is 0 Å². The molecule has 0 aromatic heterocycles. The number of hydrogen-bond acceptors (Lipinski definition) is 5. The van der Waals surface area contributed by atoms with E-state index in [4.69, 9.17) is 11.0 Å². The Morgan fingerprint density at radius 2 is 2.21 bits per heavy atom. The number of hydrogen-bond donors (Lipinski definition) is 1. The molecule has 0 saturated carbocycles. The molecule has 0 aliphatic carbocycles. The van der Waals surface area contributed by atoms with Crippen molar-refractivity contribution in [3.8, 4) is 6.07 Å². The molecule has 6 heteroatoms. The van der Waals surface area contributed by atoms with Gasteiger partial charge in [0.15, 0.2) is 6.29 Å². The van der Waals surface area contributed by atoms with Crippen LogP contribution in [0.1, 0.15) is 15.9 Å². The van der Waals surface area contributed by atoms with Gasteiger partial charge in [0.1, 0.15) is 11.6 Å². The number of anilines is 1. The molecule has 1 aromatic rings. The van der Waals surface area contributed by atoms with Crippen LogP contribution in [0.3, 0.4) is 0 Å². The maximum absolute atomic E-state index is 10.6. The normalized spacial score (nSPS) is 9.07. The van der Waals surface area contributed by atoms with Gasteiger partial charge < -0.3 is 5.73 Å². The van der Waals surface area contributed by atoms with Gasteiger partial charge in [-0.1, -0.05) is 0 Å². The Bertz CT molecular complexity index is 448. The summed E-state index contributed by atoms with van der Waals surface area (Å²) in [7, 11) is 0. The van der Waals surface area contributed by atoms with E-state index in [9.17, 15) is 14.9 Å². The van der Waals surface area contributed by atoms with Gasteiger partial charge in [-0.05, 0) is 6.07 Å². The summed E-state index contributed by atoms with van der Waals surface area (Å²) in [6, 6.07) is 3.97. The summed E-state index contributed by atoms with van der Waals surface area (Å²) in [5.41, 5.74) is 4.58. The van der Waals surface area contributed by atoms with E-state index in [1.54, 1.807) is 6.07 Å². The molecule has 1 aromatic carbocycles. The molecule has 70 valence electrons. The molecule has 0 saturated heterocycles. The van der Waals surface area contributed by atoms with Crippen molar-refractivity contribution in [1.29, 1.82) is 5.26 Å². The summed E-state index contributed by atoms with van der Waals surface area (Å²) in [5, 5.41) is 19.1. The standard InChI is InChI=1S/C8H5N3O3/c9-3-5-6(4-12)8(11(13)14)2-1-7(5)10/h1-2,4H,10H2. The number of benzene rings is 1. The van der Waals surface area contributed by atoms with E-state index in [1.807, 2.05) is 0 Å². The van der Waals surface area contributed by atoms with Gasteiger partial charge in [0.2, 0.25) is 0 Å². The maximum Gasteiger partial charge on any atom is 0.281 e. The number of nitro groups is 1. The van der Waals surface area contributed by atoms with Crippen LogP contribution in [-0.4, -0.2) is 11.2 Å². The quantitative estimate of drug-likeness (QED) is 0.322. The predicted molar refractivity (Wildman–Crippen MR) is 47.6 cm³/mol. The van der Waals surface area contributed by atoms with Gasteiger partial charge in [-0.25, -0.2) is 0 Å². The Labute approximate surface area is 78.7 Å². The molecular weight excluding hydrogens is 186 g/mol. The lowest BCUT2D eigenvalue weighted by molar-refractivity contribution is -0.385. The molecule has 0 spiro atoms. The van der Waals surface area contributed by atoms with Gasteiger partial charge in [-0.3, -0.25) is 14.9 Å². The molecule has 6 nitrogen and oxygen atoms in total. The second-order valence-electron chi connectivity index (χ2n) is 2.45. The zero-order valence-corrected chi connectivity index (χ0v) is 6.93. The number of nitrogens with two attached hydrogens (primary N) is 1. The summed E-state index contributed by atoms with van der Waals surface area (Å²) < 4.78 is 0. The van der Waals surface area contributed by atoms with Gasteiger partial charge in [-0.2, -0.15) is 5.26 Å². The van der Waals surface area contributed by atoms with Gasteiger partial charge >= 0.3 is 0 Å². The molecule has 0 radical (unpaired) electrons. The number of carbonyl (C=O) groups is 1. The topological polar surface area (TPSA) is 110 Å². The molecule has 14 heavy (non-hydrogen) atoms. The first-order valence-electron chi connectivity index (χ1n) is 3.54. The van der Waals surface area contributed by atoms with Crippen molar-refractivity contribution in [1.82, 2.24) is 0 Å². The summed E-state index contributed by atoms with van der Waals surface area (Å²) >= 11 is 0. The average Bonchev–Trinajstić information content (AvgIpc) is 2.16. The van der Waals surface area contributed by atoms with Crippen LogP contribution < -0.4 is 5.73 Å². The van der Waals surface area contributed by atoms with Crippen LogP contribution in [0.15, 0.2) is 12.1 Å². The summed E-state index contributed by atoms with van der Waals surface area (Å²) in [6.45, 7) is 0. The van der Waals surface area contributed by atoms with E-state index in [1.165, 1.54) is 6.07 Å². The molecular formula is C8H5N3O3. The third kappa shape index (κ3) is 1.38. The minimum Gasteiger partial charge on any atom is -0.398 e. The molecule has 0 bridgehead atoms. The minimum absolute atomic E-state index is 0.0557. The smallest absolute Gasteiger partial charge is 0.281 e. The first-order valence-corrected chi connectivity index (χ1v) is 3.54. The van der Waals surface area contributed by atoms with Crippen molar-refractivity contribution >= 4 is 17.7 Å². The van der Waals surface area contributed by atoms with E-state index in [0.717, 1.165) is 6.07 Å². The highest BCUT2D eigenvalue weighted by molar-refractivity contribution is 5.88. The van der Waals surface area contributed by atoms with E-state index in [0.29, 0.717) is 0 Å². The Morgan fingerprint density at radius 3 is 2.64 bits per heavy atom. The SMILES string of the molecule is N#Cc1c(N)ccc([N+](=O)[O-])c1C=O. The van der Waals surface area contributed by atoms with Crippen LogP contribution in [0.4, 0.5) is 11.4 Å². The van der Waals surface area contributed by atoms with E-state index < -0.39 is 10.6 Å². The Kier molecular flexibility index (Phi) is 2.44. The van der Waals surface area contributed by atoms with Crippen LogP contribution in [-0.2, 0) is 0 Å². The summed E-state index contributed by atoms with van der Waals surface area (Å²) in [6.07, 6.45) is 0.257. The maximum atomic E-state index is 10.6. The fraction of sp³-hybridized carbons (Fsp3) is 0. The number of nitro benzene ring substituents is 1.